The molecule has 33 heavy (non-hydrogen) atoms. The molecule has 0 bridgehead atoms. The maximum absolute atomic E-state index is 14.1. The zero-order chi connectivity index (χ0) is 23.4. The Morgan fingerprint density at radius 2 is 1.94 bits per heavy atom. The van der Waals surface area contributed by atoms with Gasteiger partial charge in [0.25, 0.3) is 6.43 Å². The van der Waals surface area contributed by atoms with Crippen molar-refractivity contribution in [1.29, 1.82) is 0 Å². The van der Waals surface area contributed by atoms with E-state index in [9.17, 15) is 13.6 Å². The number of likely N-dealkylation sites (tertiary alicyclic amines) is 1. The number of aliphatic carboxylic acids is 1. The predicted octanol–water partition coefficient (Wildman–Crippen LogP) is 6.46. The molecular formula is C27H35F2NO3. The van der Waals surface area contributed by atoms with E-state index in [0.717, 1.165) is 75.5 Å². The van der Waals surface area contributed by atoms with Crippen LogP contribution < -0.4 is 4.74 Å². The third kappa shape index (κ3) is 6.23. The van der Waals surface area contributed by atoms with Gasteiger partial charge >= 0.3 is 5.97 Å². The van der Waals surface area contributed by atoms with Crippen molar-refractivity contribution >= 4 is 16.7 Å². The first-order valence-electron chi connectivity index (χ1n) is 12.3. The fourth-order valence-corrected chi connectivity index (χ4v) is 5.45. The molecule has 1 saturated carbocycles. The Bertz CT molecular complexity index is 956. The van der Waals surface area contributed by atoms with Gasteiger partial charge in [0.05, 0.1) is 11.7 Å². The van der Waals surface area contributed by atoms with Crippen molar-refractivity contribution in [1.82, 2.24) is 4.90 Å². The molecule has 2 aromatic rings. The van der Waals surface area contributed by atoms with Gasteiger partial charge in [-0.25, -0.2) is 8.78 Å². The molecule has 1 N–H and O–H groups in total. The highest BCUT2D eigenvalue weighted by Crippen LogP contribution is 2.38. The molecule has 1 atom stereocenters. The maximum Gasteiger partial charge on any atom is 0.303 e. The maximum atomic E-state index is 14.1. The molecule has 1 aliphatic carbocycles. The minimum absolute atomic E-state index is 0.00483. The number of halogens is 2. The number of hydrogen-bond acceptors (Lipinski definition) is 3. The average Bonchev–Trinajstić information content (AvgIpc) is 2.78. The lowest BCUT2D eigenvalue weighted by Gasteiger charge is -2.32. The molecule has 1 aliphatic heterocycles. The number of fused-ring (bicyclic) bond motifs is 1. The molecule has 0 radical (unpaired) electrons. The van der Waals surface area contributed by atoms with Gasteiger partial charge in [-0.15, -0.1) is 0 Å². The molecule has 0 spiro atoms. The largest absolute Gasteiger partial charge is 0.490 e. The van der Waals surface area contributed by atoms with Crippen LogP contribution in [0.25, 0.3) is 10.8 Å². The summed E-state index contributed by atoms with van der Waals surface area (Å²) in [6, 6.07) is 9.37. The molecular weight excluding hydrogens is 424 g/mol. The Balaban J connectivity index is 1.44. The fourth-order valence-electron chi connectivity index (χ4n) is 5.45. The Kier molecular flexibility index (Phi) is 7.84. The summed E-state index contributed by atoms with van der Waals surface area (Å²) >= 11 is 0. The lowest BCUT2D eigenvalue weighted by molar-refractivity contribution is -0.138. The first kappa shape index (κ1) is 23.9. The van der Waals surface area contributed by atoms with Crippen LogP contribution in [-0.4, -0.2) is 41.7 Å². The second-order valence-corrected chi connectivity index (χ2v) is 9.99. The lowest BCUT2D eigenvalue weighted by atomic mass is 9.89. The number of carboxylic acid groups (broad SMARTS) is 1. The van der Waals surface area contributed by atoms with Crippen LogP contribution in [-0.2, 0) is 11.2 Å². The first-order chi connectivity index (χ1) is 15.9. The lowest BCUT2D eigenvalue weighted by Crippen LogP contribution is -2.37. The molecule has 4 nitrogen and oxygen atoms in total. The van der Waals surface area contributed by atoms with Crippen LogP contribution in [0.3, 0.4) is 0 Å². The van der Waals surface area contributed by atoms with Crippen molar-refractivity contribution in [2.75, 3.05) is 19.6 Å². The number of hydrogen-bond donors (Lipinski definition) is 1. The molecule has 180 valence electrons. The van der Waals surface area contributed by atoms with Gasteiger partial charge in [0, 0.05) is 19.5 Å². The van der Waals surface area contributed by atoms with E-state index in [4.69, 9.17) is 9.84 Å². The number of ether oxygens (including phenoxy) is 1. The Labute approximate surface area is 194 Å². The second-order valence-electron chi connectivity index (χ2n) is 9.99. The summed E-state index contributed by atoms with van der Waals surface area (Å²) in [5, 5.41) is 10.4. The highest BCUT2D eigenvalue weighted by atomic mass is 19.3. The van der Waals surface area contributed by atoms with Crippen molar-refractivity contribution in [2.45, 2.75) is 70.8 Å². The van der Waals surface area contributed by atoms with E-state index < -0.39 is 12.4 Å². The topological polar surface area (TPSA) is 49.8 Å². The van der Waals surface area contributed by atoms with Gasteiger partial charge in [0.15, 0.2) is 0 Å². The predicted molar refractivity (Wildman–Crippen MR) is 126 cm³/mol. The van der Waals surface area contributed by atoms with E-state index in [1.54, 1.807) is 6.07 Å². The summed E-state index contributed by atoms with van der Waals surface area (Å²) in [6.07, 6.45) is 4.48. The Hall–Kier alpha value is -2.21. The highest BCUT2D eigenvalue weighted by Gasteiger charge is 2.25. The van der Waals surface area contributed by atoms with E-state index in [-0.39, 0.29) is 24.0 Å². The molecule has 0 amide bonds. The zero-order valence-electron chi connectivity index (χ0n) is 19.4. The number of rotatable bonds is 8. The summed E-state index contributed by atoms with van der Waals surface area (Å²) < 4.78 is 34.2. The fraction of sp³-hybridized carbons (Fsp3) is 0.593. The number of carboxylic acids is 1. The van der Waals surface area contributed by atoms with Crippen LogP contribution >= 0.6 is 0 Å². The van der Waals surface area contributed by atoms with Crippen LogP contribution in [0.4, 0.5) is 8.78 Å². The van der Waals surface area contributed by atoms with Crippen molar-refractivity contribution in [3.8, 4) is 5.75 Å². The van der Waals surface area contributed by atoms with Crippen LogP contribution in [0.15, 0.2) is 30.3 Å². The first-order valence-corrected chi connectivity index (χ1v) is 12.3. The monoisotopic (exact) mass is 459 g/mol. The molecule has 6 heteroatoms. The van der Waals surface area contributed by atoms with E-state index in [1.807, 2.05) is 24.3 Å². The van der Waals surface area contributed by atoms with Crippen LogP contribution in [0.1, 0.15) is 69.4 Å². The van der Waals surface area contributed by atoms with E-state index in [1.165, 1.54) is 0 Å². The quantitative estimate of drug-likeness (QED) is 0.492. The van der Waals surface area contributed by atoms with Crippen molar-refractivity contribution in [2.24, 2.45) is 11.8 Å². The van der Waals surface area contributed by atoms with E-state index in [0.29, 0.717) is 17.1 Å². The number of benzene rings is 2. The van der Waals surface area contributed by atoms with Gasteiger partial charge in [-0.2, -0.15) is 0 Å². The smallest absolute Gasteiger partial charge is 0.303 e. The normalized spacial score (nSPS) is 24.3. The highest BCUT2D eigenvalue weighted by molar-refractivity contribution is 5.88. The minimum atomic E-state index is -2.59. The summed E-state index contributed by atoms with van der Waals surface area (Å²) in [5.41, 5.74) is 1.11. The average molecular weight is 460 g/mol. The van der Waals surface area contributed by atoms with Gasteiger partial charge in [0.1, 0.15) is 5.75 Å². The third-order valence-corrected chi connectivity index (χ3v) is 7.34. The summed E-state index contributed by atoms with van der Waals surface area (Å²) in [6.45, 7) is 4.88. The standard InChI is InChI=1S/C27H35F2NO3/c1-18-4-8-22(9-5-18)33-24-11-7-21-15-19(6-10-23(21)26(24)27(28)29)12-14-30-13-2-3-20(17-30)16-25(31)32/h6-7,10-11,15,18,20,22,27H,2-5,8-9,12-14,16-17H2,1H3,(H,31,32)/t18?,20-,22?/m1/s1. The number of carbonyl (C=O) groups is 1. The van der Waals surface area contributed by atoms with Gasteiger partial charge in [-0.3, -0.25) is 4.79 Å². The van der Waals surface area contributed by atoms with Gasteiger partial charge in [-0.05, 0) is 85.7 Å². The Morgan fingerprint density at radius 3 is 2.67 bits per heavy atom. The Morgan fingerprint density at radius 1 is 1.15 bits per heavy atom. The van der Waals surface area contributed by atoms with E-state index in [2.05, 4.69) is 11.8 Å². The van der Waals surface area contributed by atoms with Crippen molar-refractivity contribution in [3.05, 3.63) is 41.5 Å². The third-order valence-electron chi connectivity index (χ3n) is 7.34. The van der Waals surface area contributed by atoms with E-state index >= 15 is 0 Å². The summed E-state index contributed by atoms with van der Waals surface area (Å²) in [7, 11) is 0. The van der Waals surface area contributed by atoms with Crippen molar-refractivity contribution < 1.29 is 23.4 Å². The molecule has 0 aromatic heterocycles. The summed E-state index contributed by atoms with van der Waals surface area (Å²) in [5.74, 6) is 0.491. The van der Waals surface area contributed by atoms with Gasteiger partial charge in [-0.1, -0.05) is 31.2 Å². The number of piperidine rings is 1. The SMILES string of the molecule is CC1CCC(Oc2ccc3cc(CCN4CCC[C@H](CC(=O)O)C4)ccc3c2C(F)F)CC1. The van der Waals surface area contributed by atoms with Crippen LogP contribution in [0, 0.1) is 11.8 Å². The summed E-state index contributed by atoms with van der Waals surface area (Å²) in [4.78, 5) is 13.3. The van der Waals surface area contributed by atoms with Crippen LogP contribution in [0.5, 0.6) is 5.75 Å². The van der Waals surface area contributed by atoms with Crippen LogP contribution in [0.2, 0.25) is 0 Å². The molecule has 2 fully saturated rings. The molecule has 0 unspecified atom stereocenters. The van der Waals surface area contributed by atoms with Gasteiger partial charge < -0.3 is 14.7 Å². The molecule has 2 aromatic carbocycles. The zero-order valence-corrected chi connectivity index (χ0v) is 19.4. The number of nitrogens with zero attached hydrogens (tertiary/aromatic N) is 1. The molecule has 2 aliphatic rings. The second kappa shape index (κ2) is 10.8. The number of alkyl halides is 2. The minimum Gasteiger partial charge on any atom is -0.490 e. The van der Waals surface area contributed by atoms with Gasteiger partial charge in [0.2, 0.25) is 0 Å². The molecule has 1 saturated heterocycles. The molecule has 4 rings (SSSR count). The molecule has 1 heterocycles. The van der Waals surface area contributed by atoms with Crippen molar-refractivity contribution in [3.63, 3.8) is 0 Å².